The van der Waals surface area contributed by atoms with Crippen LogP contribution in [0.5, 0.6) is 5.75 Å². The highest BCUT2D eigenvalue weighted by atomic mass is 16.5. The molecule has 0 bridgehead atoms. The molecule has 0 aliphatic heterocycles. The van der Waals surface area contributed by atoms with Crippen LogP contribution in [0.2, 0.25) is 0 Å². The zero-order valence-corrected chi connectivity index (χ0v) is 10.5. The molecule has 0 amide bonds. The summed E-state index contributed by atoms with van der Waals surface area (Å²) in [4.78, 5) is 12.4. The molecule has 4 heteroatoms. The maximum Gasteiger partial charge on any atom is 0.317 e. The molecular weight excluding hydrogens is 218 g/mol. The van der Waals surface area contributed by atoms with E-state index in [9.17, 15) is 4.79 Å². The summed E-state index contributed by atoms with van der Waals surface area (Å²) < 4.78 is 5.27. The minimum absolute atomic E-state index is 0.0519. The number of hydrogen-bond acceptors (Lipinski definition) is 3. The van der Waals surface area contributed by atoms with Gasteiger partial charge in [-0.1, -0.05) is 18.2 Å². The van der Waals surface area contributed by atoms with Gasteiger partial charge in [0.2, 0.25) is 0 Å². The van der Waals surface area contributed by atoms with E-state index in [1.165, 1.54) is 0 Å². The molecule has 0 aliphatic carbocycles. The monoisotopic (exact) mass is 237 g/mol. The Bertz CT molecular complexity index is 379. The molecule has 1 N–H and O–H groups in total. The lowest BCUT2D eigenvalue weighted by Crippen LogP contribution is -2.35. The molecule has 1 atom stereocenters. The first-order valence-electron chi connectivity index (χ1n) is 5.58. The fourth-order valence-corrected chi connectivity index (χ4v) is 1.71. The Labute approximate surface area is 102 Å². The van der Waals surface area contributed by atoms with Gasteiger partial charge in [0.1, 0.15) is 5.75 Å². The molecule has 1 rings (SSSR count). The largest absolute Gasteiger partial charge is 0.496 e. The van der Waals surface area contributed by atoms with Crippen LogP contribution in [0.25, 0.3) is 0 Å². The van der Waals surface area contributed by atoms with Crippen LogP contribution in [0.15, 0.2) is 24.3 Å². The molecule has 94 valence electrons. The summed E-state index contributed by atoms with van der Waals surface area (Å²) in [6.07, 6.45) is 0.772. The zero-order chi connectivity index (χ0) is 12.8. The number of rotatable bonds is 6. The highest BCUT2D eigenvalue weighted by molar-refractivity contribution is 5.69. The van der Waals surface area contributed by atoms with Crippen molar-refractivity contribution in [2.45, 2.75) is 19.4 Å². The van der Waals surface area contributed by atoms with Gasteiger partial charge in [-0.15, -0.1) is 0 Å². The Balaban J connectivity index is 2.66. The van der Waals surface area contributed by atoms with Crippen LogP contribution >= 0.6 is 0 Å². The third-order valence-electron chi connectivity index (χ3n) is 2.84. The molecular formula is C13H19NO3. The number of likely N-dealkylation sites (N-methyl/N-ethyl adjacent to an activating group) is 1. The van der Waals surface area contributed by atoms with Crippen molar-refractivity contribution in [2.75, 3.05) is 20.7 Å². The maximum absolute atomic E-state index is 10.6. The first-order chi connectivity index (χ1) is 8.04. The van der Waals surface area contributed by atoms with Crippen molar-refractivity contribution in [3.63, 3.8) is 0 Å². The summed E-state index contributed by atoms with van der Waals surface area (Å²) >= 11 is 0. The molecule has 1 unspecified atom stereocenters. The third kappa shape index (κ3) is 4.07. The summed E-state index contributed by atoms with van der Waals surface area (Å²) in [5.41, 5.74) is 1.10. The Morgan fingerprint density at radius 2 is 2.12 bits per heavy atom. The van der Waals surface area contributed by atoms with Crippen LogP contribution in [0.1, 0.15) is 12.5 Å². The summed E-state index contributed by atoms with van der Waals surface area (Å²) in [5, 5.41) is 8.73. The van der Waals surface area contributed by atoms with Gasteiger partial charge in [0.05, 0.1) is 13.7 Å². The fraction of sp³-hybridized carbons (Fsp3) is 0.462. The van der Waals surface area contributed by atoms with Crippen molar-refractivity contribution in [2.24, 2.45) is 0 Å². The summed E-state index contributed by atoms with van der Waals surface area (Å²) in [6.45, 7) is 2.06. The first-order valence-corrected chi connectivity index (χ1v) is 5.58. The van der Waals surface area contributed by atoms with Crippen molar-refractivity contribution >= 4 is 5.97 Å². The second kappa shape index (κ2) is 6.25. The van der Waals surface area contributed by atoms with Gasteiger partial charge in [-0.2, -0.15) is 0 Å². The van der Waals surface area contributed by atoms with E-state index < -0.39 is 5.97 Å². The van der Waals surface area contributed by atoms with Gasteiger partial charge in [0.15, 0.2) is 0 Å². The Morgan fingerprint density at radius 3 is 2.71 bits per heavy atom. The number of aliphatic carboxylic acids is 1. The number of nitrogens with zero attached hydrogens (tertiary/aromatic N) is 1. The average Bonchev–Trinajstić information content (AvgIpc) is 2.28. The van der Waals surface area contributed by atoms with Gasteiger partial charge in [0, 0.05) is 6.04 Å². The summed E-state index contributed by atoms with van der Waals surface area (Å²) in [5.74, 6) is 0.0439. The molecule has 0 fully saturated rings. The predicted octanol–water partition coefficient (Wildman–Crippen LogP) is 1.64. The standard InChI is InChI=1S/C13H19NO3/c1-10(14(2)9-13(15)16)8-11-6-4-5-7-12(11)17-3/h4-7,10H,8-9H2,1-3H3,(H,15,16). The molecule has 0 heterocycles. The molecule has 17 heavy (non-hydrogen) atoms. The third-order valence-corrected chi connectivity index (χ3v) is 2.84. The molecule has 0 spiro atoms. The number of hydrogen-bond donors (Lipinski definition) is 1. The average molecular weight is 237 g/mol. The number of benzene rings is 1. The molecule has 0 saturated carbocycles. The van der Waals surface area contributed by atoms with E-state index in [4.69, 9.17) is 9.84 Å². The van der Waals surface area contributed by atoms with Crippen molar-refractivity contribution in [1.29, 1.82) is 0 Å². The quantitative estimate of drug-likeness (QED) is 0.817. The number of carboxylic acids is 1. The van der Waals surface area contributed by atoms with Gasteiger partial charge in [-0.3, -0.25) is 9.69 Å². The predicted molar refractivity (Wildman–Crippen MR) is 66.4 cm³/mol. The molecule has 4 nitrogen and oxygen atoms in total. The SMILES string of the molecule is COc1ccccc1CC(C)N(C)CC(=O)O. The lowest BCUT2D eigenvalue weighted by Gasteiger charge is -2.23. The van der Waals surface area contributed by atoms with E-state index in [0.717, 1.165) is 17.7 Å². The smallest absolute Gasteiger partial charge is 0.317 e. The number of ether oxygens (including phenoxy) is 1. The number of methoxy groups -OCH3 is 1. The Morgan fingerprint density at radius 1 is 1.47 bits per heavy atom. The fourth-order valence-electron chi connectivity index (χ4n) is 1.71. The van der Waals surface area contributed by atoms with Crippen LogP contribution < -0.4 is 4.74 Å². The Kier molecular flexibility index (Phi) is 4.97. The van der Waals surface area contributed by atoms with Crippen LogP contribution in [0, 0.1) is 0 Å². The number of carbonyl (C=O) groups is 1. The first kappa shape index (κ1) is 13.5. The number of para-hydroxylation sites is 1. The van der Waals surface area contributed by atoms with Crippen LogP contribution in [0.3, 0.4) is 0 Å². The van der Waals surface area contributed by atoms with E-state index in [0.29, 0.717) is 0 Å². The lowest BCUT2D eigenvalue weighted by atomic mass is 10.1. The summed E-state index contributed by atoms with van der Waals surface area (Å²) in [6, 6.07) is 7.96. The van der Waals surface area contributed by atoms with Crippen molar-refractivity contribution in [3.8, 4) is 5.75 Å². The van der Waals surface area contributed by atoms with Gasteiger partial charge in [-0.05, 0) is 32.0 Å². The van der Waals surface area contributed by atoms with E-state index in [-0.39, 0.29) is 12.6 Å². The highest BCUT2D eigenvalue weighted by Crippen LogP contribution is 2.19. The normalized spacial score (nSPS) is 12.5. The molecule has 0 aliphatic rings. The van der Waals surface area contributed by atoms with Crippen molar-refractivity contribution < 1.29 is 14.6 Å². The van der Waals surface area contributed by atoms with E-state index in [1.54, 1.807) is 7.11 Å². The van der Waals surface area contributed by atoms with Gasteiger partial charge in [0.25, 0.3) is 0 Å². The van der Waals surface area contributed by atoms with Crippen LogP contribution in [-0.2, 0) is 11.2 Å². The summed E-state index contributed by atoms with van der Waals surface area (Å²) in [7, 11) is 3.46. The van der Waals surface area contributed by atoms with Crippen molar-refractivity contribution in [1.82, 2.24) is 4.90 Å². The second-order valence-corrected chi connectivity index (χ2v) is 4.17. The highest BCUT2D eigenvalue weighted by Gasteiger charge is 2.14. The minimum atomic E-state index is -0.806. The van der Waals surface area contributed by atoms with E-state index in [2.05, 4.69) is 0 Å². The van der Waals surface area contributed by atoms with Crippen LogP contribution in [-0.4, -0.2) is 42.7 Å². The van der Waals surface area contributed by atoms with E-state index >= 15 is 0 Å². The molecule has 0 radical (unpaired) electrons. The lowest BCUT2D eigenvalue weighted by molar-refractivity contribution is -0.138. The van der Waals surface area contributed by atoms with Gasteiger partial charge < -0.3 is 9.84 Å². The second-order valence-electron chi connectivity index (χ2n) is 4.17. The van der Waals surface area contributed by atoms with Crippen molar-refractivity contribution in [3.05, 3.63) is 29.8 Å². The Hall–Kier alpha value is -1.55. The molecule has 1 aromatic rings. The van der Waals surface area contributed by atoms with Gasteiger partial charge >= 0.3 is 5.97 Å². The molecule has 0 saturated heterocycles. The van der Waals surface area contributed by atoms with Gasteiger partial charge in [-0.25, -0.2) is 0 Å². The zero-order valence-electron chi connectivity index (χ0n) is 10.5. The molecule has 0 aromatic heterocycles. The minimum Gasteiger partial charge on any atom is -0.496 e. The number of carboxylic acid groups (broad SMARTS) is 1. The van der Waals surface area contributed by atoms with E-state index in [1.807, 2.05) is 43.1 Å². The maximum atomic E-state index is 10.6. The molecule has 1 aromatic carbocycles. The topological polar surface area (TPSA) is 49.8 Å². The van der Waals surface area contributed by atoms with Crippen LogP contribution in [0.4, 0.5) is 0 Å².